The van der Waals surface area contributed by atoms with E-state index in [1.165, 1.54) is 0 Å². The van der Waals surface area contributed by atoms with E-state index >= 15 is 0 Å². The molecule has 0 aliphatic heterocycles. The molecule has 0 bridgehead atoms. The van der Waals surface area contributed by atoms with E-state index in [1.807, 2.05) is 71.4 Å². The van der Waals surface area contributed by atoms with Crippen LogP contribution in [0.4, 0.5) is 0 Å². The van der Waals surface area contributed by atoms with E-state index < -0.39 is 0 Å². The largest absolute Gasteiger partial charge is 0.507 e. The Morgan fingerprint density at radius 3 is 1.62 bits per heavy atom. The van der Waals surface area contributed by atoms with Gasteiger partial charge in [-0.3, -0.25) is 0 Å². The second kappa shape index (κ2) is 10.0. The van der Waals surface area contributed by atoms with Gasteiger partial charge in [-0.1, -0.05) is 121 Å². The highest BCUT2D eigenvalue weighted by molar-refractivity contribution is 6.14. The quantitative estimate of drug-likeness (QED) is 0.180. The van der Waals surface area contributed by atoms with E-state index in [2.05, 4.69) is 78.9 Å². The summed E-state index contributed by atoms with van der Waals surface area (Å²) in [5.74, 6) is 0.211. The van der Waals surface area contributed by atoms with Crippen LogP contribution in [0.25, 0.3) is 55.2 Å². The average molecular weight is 515 g/mol. The van der Waals surface area contributed by atoms with Crippen LogP contribution in [0, 0.1) is 0 Å². The number of phenols is 1. The Kier molecular flexibility index (Phi) is 5.95. The third-order valence-electron chi connectivity index (χ3n) is 7.41. The number of aromatic nitrogens is 1. The molecule has 0 aliphatic carbocycles. The summed E-state index contributed by atoms with van der Waals surface area (Å²) in [7, 11) is 0. The molecule has 3 heteroatoms. The van der Waals surface area contributed by atoms with Crippen LogP contribution < -0.4 is 0 Å². The zero-order chi connectivity index (χ0) is 26.9. The van der Waals surface area contributed by atoms with E-state index in [1.54, 1.807) is 6.21 Å². The van der Waals surface area contributed by atoms with Crippen LogP contribution in [0.5, 0.6) is 5.75 Å². The molecule has 0 saturated carbocycles. The first-order chi connectivity index (χ1) is 19.8. The lowest BCUT2D eigenvalue weighted by Crippen LogP contribution is -1.97. The predicted molar refractivity (Wildman–Crippen MR) is 167 cm³/mol. The summed E-state index contributed by atoms with van der Waals surface area (Å²) in [6.07, 6.45) is 1.75. The van der Waals surface area contributed by atoms with Crippen molar-refractivity contribution in [2.24, 2.45) is 5.10 Å². The first kappa shape index (κ1) is 23.7. The molecule has 0 radical (unpaired) electrons. The molecule has 0 amide bonds. The molecule has 0 fully saturated rings. The Labute approximate surface area is 232 Å². The maximum atomic E-state index is 11.7. The molecule has 0 atom stereocenters. The Hall–Kier alpha value is -5.41. The van der Waals surface area contributed by atoms with Crippen LogP contribution >= 0.6 is 0 Å². The van der Waals surface area contributed by atoms with Gasteiger partial charge < -0.3 is 5.11 Å². The van der Waals surface area contributed by atoms with E-state index in [4.69, 9.17) is 5.10 Å². The summed E-state index contributed by atoms with van der Waals surface area (Å²) in [6.45, 7) is 0. The highest BCUT2D eigenvalue weighted by atomic mass is 16.3. The van der Waals surface area contributed by atoms with Gasteiger partial charge in [-0.05, 0) is 45.8 Å². The van der Waals surface area contributed by atoms with Crippen molar-refractivity contribution < 1.29 is 5.11 Å². The highest BCUT2D eigenvalue weighted by Gasteiger charge is 2.16. The van der Waals surface area contributed by atoms with Gasteiger partial charge in [0.2, 0.25) is 0 Å². The molecule has 0 unspecified atom stereocenters. The number of phenolic OH excluding ortho intramolecular Hbond substituents is 1. The van der Waals surface area contributed by atoms with Gasteiger partial charge in [-0.15, -0.1) is 0 Å². The molecule has 1 aromatic heterocycles. The van der Waals surface area contributed by atoms with Crippen molar-refractivity contribution in [2.75, 3.05) is 0 Å². The molecule has 7 aromatic rings. The number of nitrogens with zero attached hydrogens (tertiary/aromatic N) is 2. The van der Waals surface area contributed by atoms with Gasteiger partial charge in [0.15, 0.2) is 0 Å². The van der Waals surface area contributed by atoms with Crippen molar-refractivity contribution in [1.82, 2.24) is 4.68 Å². The molecule has 3 nitrogen and oxygen atoms in total. The monoisotopic (exact) mass is 514 g/mol. The zero-order valence-electron chi connectivity index (χ0n) is 21.8. The summed E-state index contributed by atoms with van der Waals surface area (Å²) in [6, 6.07) is 49.4. The second-order valence-corrected chi connectivity index (χ2v) is 9.83. The van der Waals surface area contributed by atoms with Crippen molar-refractivity contribution in [2.45, 2.75) is 0 Å². The van der Waals surface area contributed by atoms with E-state index in [-0.39, 0.29) is 5.75 Å². The number of aromatic hydroxyl groups is 1. The summed E-state index contributed by atoms with van der Waals surface area (Å²) in [5.41, 5.74) is 6.57. The minimum atomic E-state index is 0.211. The van der Waals surface area contributed by atoms with Gasteiger partial charge in [-0.2, -0.15) is 5.10 Å². The molecule has 1 N–H and O–H groups in total. The first-order valence-corrected chi connectivity index (χ1v) is 13.4. The molecule has 0 spiro atoms. The van der Waals surface area contributed by atoms with Crippen molar-refractivity contribution in [1.29, 1.82) is 0 Å². The Bertz CT molecular complexity index is 1890. The molecule has 190 valence electrons. The van der Waals surface area contributed by atoms with Crippen molar-refractivity contribution in [3.8, 4) is 39.4 Å². The Balaban J connectivity index is 1.39. The molecule has 0 aliphatic rings. The predicted octanol–water partition coefficient (Wildman–Crippen LogP) is 9.38. The second-order valence-electron chi connectivity index (χ2n) is 9.83. The fourth-order valence-electron chi connectivity index (χ4n) is 5.50. The highest BCUT2D eigenvalue weighted by Crippen LogP contribution is 2.41. The van der Waals surface area contributed by atoms with E-state index in [0.717, 1.165) is 55.2 Å². The number of hydrogen-bond donors (Lipinski definition) is 1. The summed E-state index contributed by atoms with van der Waals surface area (Å²) < 4.78 is 1.95. The lowest BCUT2D eigenvalue weighted by molar-refractivity contribution is 0.476. The van der Waals surface area contributed by atoms with Crippen LogP contribution in [-0.4, -0.2) is 16.0 Å². The van der Waals surface area contributed by atoms with Gasteiger partial charge in [0.05, 0.1) is 17.6 Å². The lowest BCUT2D eigenvalue weighted by Gasteiger charge is -2.14. The van der Waals surface area contributed by atoms with Gasteiger partial charge in [0, 0.05) is 27.8 Å². The third kappa shape index (κ3) is 4.14. The zero-order valence-corrected chi connectivity index (χ0v) is 21.8. The summed E-state index contributed by atoms with van der Waals surface area (Å²) in [4.78, 5) is 0. The molecule has 0 saturated heterocycles. The maximum absolute atomic E-state index is 11.7. The molecule has 1 heterocycles. The molecule has 40 heavy (non-hydrogen) atoms. The van der Waals surface area contributed by atoms with Crippen molar-refractivity contribution in [3.63, 3.8) is 0 Å². The minimum absolute atomic E-state index is 0.211. The average Bonchev–Trinajstić information content (AvgIpc) is 3.44. The van der Waals surface area contributed by atoms with Gasteiger partial charge in [-0.25, -0.2) is 4.68 Å². The molecule has 7 rings (SSSR count). The molecule has 6 aromatic carbocycles. The van der Waals surface area contributed by atoms with Crippen LogP contribution in [-0.2, 0) is 0 Å². The van der Waals surface area contributed by atoms with Gasteiger partial charge >= 0.3 is 0 Å². The fraction of sp³-hybridized carbons (Fsp3) is 0. The molecular weight excluding hydrogens is 488 g/mol. The number of benzene rings is 6. The van der Waals surface area contributed by atoms with Crippen LogP contribution in [0.2, 0.25) is 0 Å². The number of rotatable bonds is 5. The van der Waals surface area contributed by atoms with E-state index in [9.17, 15) is 5.11 Å². The van der Waals surface area contributed by atoms with E-state index in [0.29, 0.717) is 5.56 Å². The third-order valence-corrected chi connectivity index (χ3v) is 7.41. The maximum Gasteiger partial charge on any atom is 0.132 e. The minimum Gasteiger partial charge on any atom is -0.507 e. The van der Waals surface area contributed by atoms with Crippen LogP contribution in [0.1, 0.15) is 5.56 Å². The Morgan fingerprint density at radius 1 is 0.525 bits per heavy atom. The Morgan fingerprint density at radius 2 is 1.05 bits per heavy atom. The molecular formula is C37H26N2O. The van der Waals surface area contributed by atoms with Gasteiger partial charge in [0.1, 0.15) is 5.75 Å². The summed E-state index contributed by atoms with van der Waals surface area (Å²) >= 11 is 0. The topological polar surface area (TPSA) is 37.5 Å². The smallest absolute Gasteiger partial charge is 0.132 e. The number of fused-ring (bicyclic) bond motifs is 2. The van der Waals surface area contributed by atoms with Gasteiger partial charge in [0.25, 0.3) is 0 Å². The van der Waals surface area contributed by atoms with Crippen LogP contribution in [0.3, 0.4) is 0 Å². The fourth-order valence-corrected chi connectivity index (χ4v) is 5.50. The first-order valence-electron chi connectivity index (χ1n) is 13.4. The normalized spacial score (nSPS) is 11.5. The number of para-hydroxylation sites is 1. The summed E-state index contributed by atoms with van der Waals surface area (Å²) in [5, 5.41) is 21.1. The van der Waals surface area contributed by atoms with Crippen LogP contribution in [0.15, 0.2) is 151 Å². The lowest BCUT2D eigenvalue weighted by atomic mass is 9.91. The standard InChI is InChI=1S/C37H26N2O/c40-37-30(18-11-21-33(37)36-31-19-9-7-16-28(31)24-29-17-8-10-20-32(29)36)25-38-39-34(26-12-3-1-4-13-26)22-23-35(39)27-14-5-2-6-15-27/h1-25,40H/b38-25+. The SMILES string of the molecule is Oc1c(/C=N/n2c(-c3ccccc3)ccc2-c2ccccc2)cccc1-c1c2ccccc2cc2ccccc12. The van der Waals surface area contributed by atoms with Crippen molar-refractivity contribution in [3.05, 3.63) is 151 Å². The number of hydrogen-bond acceptors (Lipinski definition) is 2. The van der Waals surface area contributed by atoms with Crippen molar-refractivity contribution >= 4 is 27.8 Å².